The van der Waals surface area contributed by atoms with E-state index in [-0.39, 0.29) is 30.3 Å². The topological polar surface area (TPSA) is 84.2 Å². The van der Waals surface area contributed by atoms with Crippen LogP contribution in [0.4, 0.5) is 0 Å². The van der Waals surface area contributed by atoms with Gasteiger partial charge in [-0.25, -0.2) is 0 Å². The average Bonchev–Trinajstić information content (AvgIpc) is 2.14. The van der Waals surface area contributed by atoms with Crippen LogP contribution in [0.3, 0.4) is 0 Å². The van der Waals surface area contributed by atoms with Gasteiger partial charge in [0, 0.05) is 18.0 Å². The lowest BCUT2D eigenvalue weighted by Gasteiger charge is -2.29. The van der Waals surface area contributed by atoms with Crippen LogP contribution in [0, 0.1) is 0 Å². The van der Waals surface area contributed by atoms with Crippen LogP contribution in [-0.2, 0) is 9.59 Å². The summed E-state index contributed by atoms with van der Waals surface area (Å²) >= 11 is 0. The number of hydrogen-bond acceptors (Lipinski definition) is 3. The van der Waals surface area contributed by atoms with Gasteiger partial charge in [0.25, 0.3) is 0 Å². The standard InChI is InChI=1S/C12H25N3O2/c1-6-8(2)14-11(17)9(3)15-12(4,5)7-10(13)16/h8-9,15H,6-7H2,1-5H3,(H2,13,16)(H,14,17). The molecule has 0 aromatic carbocycles. The number of nitrogens with two attached hydrogens (primary N) is 1. The Kier molecular flexibility index (Phi) is 6.16. The Morgan fingerprint density at radius 3 is 2.24 bits per heavy atom. The Balaban J connectivity index is 4.28. The zero-order valence-electron chi connectivity index (χ0n) is 11.5. The van der Waals surface area contributed by atoms with Crippen LogP contribution in [0.2, 0.25) is 0 Å². The highest BCUT2D eigenvalue weighted by molar-refractivity contribution is 5.82. The SMILES string of the molecule is CCC(C)NC(=O)C(C)NC(C)(C)CC(N)=O. The summed E-state index contributed by atoms with van der Waals surface area (Å²) in [6.45, 7) is 9.45. The molecule has 0 fully saturated rings. The quantitative estimate of drug-likeness (QED) is 0.610. The molecule has 0 heterocycles. The van der Waals surface area contributed by atoms with E-state index in [1.54, 1.807) is 6.92 Å². The first kappa shape index (κ1) is 15.9. The van der Waals surface area contributed by atoms with Crippen molar-refractivity contribution in [3.63, 3.8) is 0 Å². The van der Waals surface area contributed by atoms with Gasteiger partial charge in [0.2, 0.25) is 11.8 Å². The Hall–Kier alpha value is -1.10. The van der Waals surface area contributed by atoms with Gasteiger partial charge in [0.1, 0.15) is 0 Å². The van der Waals surface area contributed by atoms with Crippen LogP contribution in [0.5, 0.6) is 0 Å². The maximum atomic E-state index is 11.8. The number of carbonyl (C=O) groups is 2. The largest absolute Gasteiger partial charge is 0.370 e. The van der Waals surface area contributed by atoms with E-state index in [2.05, 4.69) is 10.6 Å². The highest BCUT2D eigenvalue weighted by Gasteiger charge is 2.25. The van der Waals surface area contributed by atoms with Crippen LogP contribution in [0.15, 0.2) is 0 Å². The zero-order chi connectivity index (χ0) is 13.6. The monoisotopic (exact) mass is 243 g/mol. The zero-order valence-corrected chi connectivity index (χ0v) is 11.5. The van der Waals surface area contributed by atoms with E-state index in [0.29, 0.717) is 0 Å². The molecule has 0 rings (SSSR count). The maximum Gasteiger partial charge on any atom is 0.237 e. The smallest absolute Gasteiger partial charge is 0.237 e. The minimum Gasteiger partial charge on any atom is -0.370 e. The predicted molar refractivity (Wildman–Crippen MR) is 68.4 cm³/mol. The third-order valence-corrected chi connectivity index (χ3v) is 2.62. The molecule has 100 valence electrons. The van der Waals surface area contributed by atoms with Gasteiger partial charge in [0.15, 0.2) is 0 Å². The first-order valence-electron chi connectivity index (χ1n) is 6.04. The summed E-state index contributed by atoms with van der Waals surface area (Å²) in [6.07, 6.45) is 1.09. The Morgan fingerprint density at radius 1 is 1.29 bits per heavy atom. The van der Waals surface area contributed by atoms with Gasteiger partial charge in [0.05, 0.1) is 6.04 Å². The van der Waals surface area contributed by atoms with Crippen molar-refractivity contribution >= 4 is 11.8 Å². The lowest BCUT2D eigenvalue weighted by Crippen LogP contribution is -2.53. The maximum absolute atomic E-state index is 11.8. The van der Waals surface area contributed by atoms with E-state index in [0.717, 1.165) is 6.42 Å². The molecule has 0 saturated carbocycles. The van der Waals surface area contributed by atoms with Crippen LogP contribution >= 0.6 is 0 Å². The summed E-state index contributed by atoms with van der Waals surface area (Å²) in [7, 11) is 0. The number of hydrogen-bond donors (Lipinski definition) is 3. The fourth-order valence-corrected chi connectivity index (χ4v) is 1.61. The summed E-state index contributed by atoms with van der Waals surface area (Å²) < 4.78 is 0. The van der Waals surface area contributed by atoms with E-state index in [1.807, 2.05) is 27.7 Å². The first-order valence-corrected chi connectivity index (χ1v) is 6.04. The number of amides is 2. The molecule has 2 amide bonds. The summed E-state index contributed by atoms with van der Waals surface area (Å²) in [5.41, 5.74) is 4.68. The summed E-state index contributed by atoms with van der Waals surface area (Å²) in [5.74, 6) is -0.436. The van der Waals surface area contributed by atoms with Gasteiger partial charge < -0.3 is 16.4 Å². The van der Waals surface area contributed by atoms with Crippen molar-refractivity contribution in [1.29, 1.82) is 0 Å². The molecule has 4 N–H and O–H groups in total. The molecular formula is C12H25N3O2. The molecule has 0 aliphatic rings. The van der Waals surface area contributed by atoms with Crippen molar-refractivity contribution in [2.75, 3.05) is 0 Å². The van der Waals surface area contributed by atoms with E-state index in [9.17, 15) is 9.59 Å². The van der Waals surface area contributed by atoms with Crippen molar-refractivity contribution in [2.45, 2.75) is 65.1 Å². The number of rotatable bonds is 7. The molecule has 0 aromatic rings. The van der Waals surface area contributed by atoms with Crippen LogP contribution in [0.25, 0.3) is 0 Å². The van der Waals surface area contributed by atoms with Crippen molar-refractivity contribution in [2.24, 2.45) is 5.73 Å². The highest BCUT2D eigenvalue weighted by Crippen LogP contribution is 2.09. The third-order valence-electron chi connectivity index (χ3n) is 2.62. The summed E-state index contributed by atoms with van der Waals surface area (Å²) in [4.78, 5) is 22.7. The van der Waals surface area contributed by atoms with Gasteiger partial charge in [-0.05, 0) is 34.1 Å². The number of nitrogens with one attached hydrogen (secondary N) is 2. The summed E-state index contributed by atoms with van der Waals surface area (Å²) in [5, 5.41) is 5.99. The second kappa shape index (κ2) is 6.59. The lowest BCUT2D eigenvalue weighted by atomic mass is 9.99. The molecular weight excluding hydrogens is 218 g/mol. The molecule has 17 heavy (non-hydrogen) atoms. The molecule has 0 radical (unpaired) electrons. The second-order valence-electron chi connectivity index (χ2n) is 5.21. The molecule has 2 unspecified atom stereocenters. The van der Waals surface area contributed by atoms with Crippen LogP contribution in [0.1, 0.15) is 47.5 Å². The van der Waals surface area contributed by atoms with Crippen molar-refractivity contribution in [3.8, 4) is 0 Å². The fraction of sp³-hybridized carbons (Fsp3) is 0.833. The predicted octanol–water partition coefficient (Wildman–Crippen LogP) is 0.533. The minimum atomic E-state index is -0.474. The van der Waals surface area contributed by atoms with Gasteiger partial charge in [-0.1, -0.05) is 6.92 Å². The third kappa shape index (κ3) is 6.94. The lowest BCUT2D eigenvalue weighted by molar-refractivity contribution is -0.125. The number of carbonyl (C=O) groups excluding carboxylic acids is 2. The molecule has 0 aliphatic carbocycles. The molecule has 0 saturated heterocycles. The van der Waals surface area contributed by atoms with Crippen molar-refractivity contribution < 1.29 is 9.59 Å². The van der Waals surface area contributed by atoms with Gasteiger partial charge >= 0.3 is 0 Å². The Bertz CT molecular complexity index is 277. The Morgan fingerprint density at radius 2 is 1.82 bits per heavy atom. The van der Waals surface area contributed by atoms with E-state index >= 15 is 0 Å². The van der Waals surface area contributed by atoms with E-state index < -0.39 is 5.54 Å². The summed E-state index contributed by atoms with van der Waals surface area (Å²) in [6, 6.07) is -0.190. The van der Waals surface area contributed by atoms with E-state index in [1.165, 1.54) is 0 Å². The normalized spacial score (nSPS) is 15.1. The molecule has 5 nitrogen and oxygen atoms in total. The van der Waals surface area contributed by atoms with Crippen LogP contribution < -0.4 is 16.4 Å². The molecule has 0 aliphatic heterocycles. The van der Waals surface area contributed by atoms with Crippen LogP contribution in [-0.4, -0.2) is 29.4 Å². The van der Waals surface area contributed by atoms with Gasteiger partial charge in [-0.15, -0.1) is 0 Å². The number of primary amides is 1. The van der Waals surface area contributed by atoms with Crippen molar-refractivity contribution in [3.05, 3.63) is 0 Å². The fourth-order valence-electron chi connectivity index (χ4n) is 1.61. The molecule has 2 atom stereocenters. The van der Waals surface area contributed by atoms with Gasteiger partial charge in [-0.3, -0.25) is 9.59 Å². The van der Waals surface area contributed by atoms with E-state index in [4.69, 9.17) is 5.73 Å². The molecule has 0 bridgehead atoms. The minimum absolute atomic E-state index is 0.0584. The Labute approximate surface area is 104 Å². The first-order chi connectivity index (χ1) is 7.68. The average molecular weight is 243 g/mol. The van der Waals surface area contributed by atoms with Crippen molar-refractivity contribution in [1.82, 2.24) is 10.6 Å². The highest BCUT2D eigenvalue weighted by atomic mass is 16.2. The molecule has 0 spiro atoms. The molecule has 5 heteroatoms. The van der Waals surface area contributed by atoms with Gasteiger partial charge in [-0.2, -0.15) is 0 Å². The second-order valence-corrected chi connectivity index (χ2v) is 5.21. The molecule has 0 aromatic heterocycles.